The number of rotatable bonds is 1. The molecule has 1 rings (SSSR count). The van der Waals surface area contributed by atoms with Gasteiger partial charge < -0.3 is 5.73 Å². The topological polar surface area (TPSA) is 26.0 Å². The maximum atomic E-state index is 5.48. The van der Waals surface area contributed by atoms with Crippen LogP contribution in [-0.4, -0.2) is 7.85 Å². The van der Waals surface area contributed by atoms with Crippen molar-refractivity contribution < 1.29 is 0 Å². The quantitative estimate of drug-likeness (QED) is 0.579. The summed E-state index contributed by atoms with van der Waals surface area (Å²) in [6.45, 7) is 0.561. The van der Waals surface area contributed by atoms with Gasteiger partial charge in [-0.05, 0) is 5.56 Å². The molecule has 2 radical (unpaired) electrons. The zero-order valence-corrected chi connectivity index (χ0v) is 6.40. The molecule has 2 N–H and O–H groups in total. The summed E-state index contributed by atoms with van der Waals surface area (Å²) in [5.41, 5.74) is 7.22. The lowest BCUT2D eigenvalue weighted by Crippen LogP contribution is -2.05. The first-order valence-electron chi connectivity index (χ1n) is 2.87. The van der Waals surface area contributed by atoms with E-state index in [-0.39, 0.29) is 12.4 Å². The molecule has 3 heteroatoms. The van der Waals surface area contributed by atoms with Crippen molar-refractivity contribution in [2.45, 2.75) is 6.54 Å². The van der Waals surface area contributed by atoms with Crippen molar-refractivity contribution in [1.82, 2.24) is 0 Å². The molecule has 10 heavy (non-hydrogen) atoms. The maximum Gasteiger partial charge on any atom is 0.113 e. The standard InChI is InChI=1S/C7H8BN.ClH/c8-7-3-1-2-6(4-7)5-9;/h1-4H,5,9H2;1H. The lowest BCUT2D eigenvalue weighted by atomic mass is 9.95. The fraction of sp³-hybridized carbons (Fsp3) is 0.143. The molecular formula is C7H9BClN. The van der Waals surface area contributed by atoms with Gasteiger partial charge in [0.05, 0.1) is 0 Å². The van der Waals surface area contributed by atoms with Crippen LogP contribution in [-0.2, 0) is 6.54 Å². The van der Waals surface area contributed by atoms with Crippen LogP contribution < -0.4 is 11.2 Å². The molecule has 0 fully saturated rings. The fourth-order valence-electron chi connectivity index (χ4n) is 0.720. The normalized spacial score (nSPS) is 8.50. The minimum Gasteiger partial charge on any atom is -0.326 e. The van der Waals surface area contributed by atoms with Crippen LogP contribution in [0.3, 0.4) is 0 Å². The van der Waals surface area contributed by atoms with Gasteiger partial charge in [-0.15, -0.1) is 12.4 Å². The van der Waals surface area contributed by atoms with Crippen LogP contribution in [0.5, 0.6) is 0 Å². The zero-order valence-electron chi connectivity index (χ0n) is 5.58. The Morgan fingerprint density at radius 2 is 2.10 bits per heavy atom. The van der Waals surface area contributed by atoms with Gasteiger partial charge in [-0.1, -0.05) is 29.7 Å². The summed E-state index contributed by atoms with van der Waals surface area (Å²) in [4.78, 5) is 0. The Kier molecular flexibility index (Phi) is 4.16. The van der Waals surface area contributed by atoms with Gasteiger partial charge in [0.1, 0.15) is 7.85 Å². The van der Waals surface area contributed by atoms with Crippen molar-refractivity contribution in [1.29, 1.82) is 0 Å². The van der Waals surface area contributed by atoms with Crippen molar-refractivity contribution >= 4 is 25.7 Å². The Balaban J connectivity index is 0.000000810. The Labute approximate surface area is 68.4 Å². The van der Waals surface area contributed by atoms with Gasteiger partial charge in [-0.2, -0.15) is 0 Å². The van der Waals surface area contributed by atoms with Crippen molar-refractivity contribution in [2.24, 2.45) is 5.73 Å². The number of hydrogen-bond acceptors (Lipinski definition) is 1. The number of hydrogen-bond donors (Lipinski definition) is 1. The molecule has 0 unspecified atom stereocenters. The summed E-state index contributed by atoms with van der Waals surface area (Å²) < 4.78 is 0. The van der Waals surface area contributed by atoms with Gasteiger partial charge in [0.25, 0.3) is 0 Å². The highest BCUT2D eigenvalue weighted by atomic mass is 35.5. The van der Waals surface area contributed by atoms with Gasteiger partial charge >= 0.3 is 0 Å². The molecule has 1 aromatic rings. The number of halogens is 1. The second-order valence-corrected chi connectivity index (χ2v) is 1.95. The predicted octanol–water partition coefficient (Wildman–Crippen LogP) is 0.361. The molecule has 0 spiro atoms. The van der Waals surface area contributed by atoms with E-state index in [9.17, 15) is 0 Å². The molecule has 0 heterocycles. The molecule has 0 aromatic heterocycles. The molecular weight excluding hydrogens is 144 g/mol. The summed E-state index contributed by atoms with van der Waals surface area (Å²) in [5, 5.41) is 0. The predicted molar refractivity (Wildman–Crippen MR) is 47.0 cm³/mol. The summed E-state index contributed by atoms with van der Waals surface area (Å²) in [5.74, 6) is 0. The molecule has 0 saturated heterocycles. The number of benzene rings is 1. The molecule has 1 aromatic carbocycles. The minimum atomic E-state index is 0. The Morgan fingerprint density at radius 1 is 1.40 bits per heavy atom. The Morgan fingerprint density at radius 3 is 2.50 bits per heavy atom. The van der Waals surface area contributed by atoms with E-state index in [1.165, 1.54) is 0 Å². The Hall–Kier alpha value is -0.465. The third kappa shape index (κ3) is 2.42. The minimum absolute atomic E-state index is 0. The van der Waals surface area contributed by atoms with Crippen LogP contribution in [0.4, 0.5) is 0 Å². The molecule has 0 aliphatic heterocycles. The van der Waals surface area contributed by atoms with E-state index in [0.717, 1.165) is 11.0 Å². The van der Waals surface area contributed by atoms with Gasteiger partial charge in [0.15, 0.2) is 0 Å². The molecule has 0 amide bonds. The van der Waals surface area contributed by atoms with E-state index in [0.29, 0.717) is 6.54 Å². The van der Waals surface area contributed by atoms with Crippen molar-refractivity contribution in [3.05, 3.63) is 29.8 Å². The van der Waals surface area contributed by atoms with E-state index < -0.39 is 0 Å². The summed E-state index contributed by atoms with van der Waals surface area (Å²) in [6, 6.07) is 7.58. The highest BCUT2D eigenvalue weighted by Gasteiger charge is 1.85. The van der Waals surface area contributed by atoms with Crippen molar-refractivity contribution in [3.8, 4) is 0 Å². The first-order chi connectivity index (χ1) is 4.33. The lowest BCUT2D eigenvalue weighted by molar-refractivity contribution is 1.07. The average molecular weight is 153 g/mol. The molecule has 52 valence electrons. The zero-order chi connectivity index (χ0) is 6.69. The van der Waals surface area contributed by atoms with E-state index in [2.05, 4.69) is 0 Å². The highest BCUT2D eigenvalue weighted by Crippen LogP contribution is 1.91. The van der Waals surface area contributed by atoms with Crippen LogP contribution >= 0.6 is 12.4 Å². The highest BCUT2D eigenvalue weighted by molar-refractivity contribution is 6.32. The van der Waals surface area contributed by atoms with Crippen molar-refractivity contribution in [2.75, 3.05) is 0 Å². The van der Waals surface area contributed by atoms with Crippen LogP contribution in [0.2, 0.25) is 0 Å². The third-order valence-electron chi connectivity index (χ3n) is 1.19. The van der Waals surface area contributed by atoms with E-state index >= 15 is 0 Å². The van der Waals surface area contributed by atoms with Crippen molar-refractivity contribution in [3.63, 3.8) is 0 Å². The van der Waals surface area contributed by atoms with E-state index in [4.69, 9.17) is 13.6 Å². The summed E-state index contributed by atoms with van der Waals surface area (Å²) in [7, 11) is 5.48. The second kappa shape index (κ2) is 4.37. The van der Waals surface area contributed by atoms with Crippen LogP contribution in [0, 0.1) is 0 Å². The average Bonchev–Trinajstić information content (AvgIpc) is 1.88. The largest absolute Gasteiger partial charge is 0.326 e. The first-order valence-corrected chi connectivity index (χ1v) is 2.87. The monoisotopic (exact) mass is 153 g/mol. The van der Waals surface area contributed by atoms with Gasteiger partial charge in [0, 0.05) is 6.54 Å². The third-order valence-corrected chi connectivity index (χ3v) is 1.19. The van der Waals surface area contributed by atoms with Crippen LogP contribution in [0.15, 0.2) is 24.3 Å². The summed E-state index contributed by atoms with van der Waals surface area (Å²) >= 11 is 0. The van der Waals surface area contributed by atoms with Crippen LogP contribution in [0.25, 0.3) is 0 Å². The van der Waals surface area contributed by atoms with E-state index in [1.807, 2.05) is 24.3 Å². The van der Waals surface area contributed by atoms with Gasteiger partial charge in [-0.25, -0.2) is 0 Å². The SMILES string of the molecule is Cl.[B]c1cccc(CN)c1. The molecule has 1 nitrogen and oxygen atoms in total. The smallest absolute Gasteiger partial charge is 0.113 e. The van der Waals surface area contributed by atoms with Gasteiger partial charge in [-0.3, -0.25) is 0 Å². The first kappa shape index (κ1) is 9.53. The molecule has 0 aliphatic rings. The van der Waals surface area contributed by atoms with Gasteiger partial charge in [0.2, 0.25) is 0 Å². The second-order valence-electron chi connectivity index (χ2n) is 1.95. The lowest BCUT2D eigenvalue weighted by Gasteiger charge is -1.95. The molecule has 0 aliphatic carbocycles. The summed E-state index contributed by atoms with van der Waals surface area (Å²) in [6.07, 6.45) is 0. The van der Waals surface area contributed by atoms with Crippen LogP contribution in [0.1, 0.15) is 5.56 Å². The fourth-order valence-corrected chi connectivity index (χ4v) is 0.720. The molecule has 0 atom stereocenters. The molecule has 0 bridgehead atoms. The molecule has 0 saturated carbocycles. The number of nitrogens with two attached hydrogens (primary N) is 1. The van der Waals surface area contributed by atoms with E-state index in [1.54, 1.807) is 0 Å². The maximum absolute atomic E-state index is 5.48. The Bertz CT molecular complexity index is 203.